The van der Waals surface area contributed by atoms with E-state index in [2.05, 4.69) is 5.32 Å². The summed E-state index contributed by atoms with van der Waals surface area (Å²) in [6.07, 6.45) is 0.703. The van der Waals surface area contributed by atoms with Crippen LogP contribution < -0.4 is 19.1 Å². The number of anilines is 1. The Morgan fingerprint density at radius 3 is 2.24 bits per heavy atom. The molecule has 42 heavy (non-hydrogen) atoms. The summed E-state index contributed by atoms with van der Waals surface area (Å²) in [6.45, 7) is 6.64. The molecule has 226 valence electrons. The number of nitrogens with one attached hydrogen (secondary N) is 1. The molecule has 1 N–H and O–H groups in total. The van der Waals surface area contributed by atoms with Crippen molar-refractivity contribution in [2.45, 2.75) is 57.6 Å². The summed E-state index contributed by atoms with van der Waals surface area (Å²) < 4.78 is 40.1. The van der Waals surface area contributed by atoms with Crippen LogP contribution >= 0.6 is 11.6 Å². The third-order valence-corrected chi connectivity index (χ3v) is 9.15. The molecule has 0 spiro atoms. The monoisotopic (exact) mass is 615 g/mol. The third-order valence-electron chi connectivity index (χ3n) is 7.01. The van der Waals surface area contributed by atoms with Crippen molar-refractivity contribution in [2.75, 3.05) is 25.1 Å². The van der Waals surface area contributed by atoms with Crippen LogP contribution in [0, 0.1) is 6.92 Å². The SMILES string of the molecule is CC[C@H](C)NC(=O)[C@@H](C)N(Cc1ccccc1Cl)C(=O)CN(c1cc(OC)ccc1OC)S(=O)(=O)c1ccc(C)cc1. The Hall–Kier alpha value is -3.76. The maximum atomic E-state index is 14.2. The highest BCUT2D eigenvalue weighted by Crippen LogP contribution is 2.36. The fraction of sp³-hybridized carbons (Fsp3) is 0.355. The zero-order chi connectivity index (χ0) is 31.0. The van der Waals surface area contributed by atoms with Crippen molar-refractivity contribution in [3.05, 3.63) is 82.9 Å². The molecule has 0 aliphatic heterocycles. The van der Waals surface area contributed by atoms with E-state index in [-0.39, 0.29) is 34.8 Å². The zero-order valence-electron chi connectivity index (χ0n) is 24.8. The van der Waals surface area contributed by atoms with Crippen molar-refractivity contribution in [3.8, 4) is 11.5 Å². The van der Waals surface area contributed by atoms with E-state index in [4.69, 9.17) is 21.1 Å². The van der Waals surface area contributed by atoms with Crippen LogP contribution in [0.4, 0.5) is 5.69 Å². The lowest BCUT2D eigenvalue weighted by molar-refractivity contribution is -0.139. The maximum Gasteiger partial charge on any atom is 0.264 e. The number of nitrogens with zero attached hydrogens (tertiary/aromatic N) is 2. The number of sulfonamides is 1. The van der Waals surface area contributed by atoms with Gasteiger partial charge < -0.3 is 19.7 Å². The average Bonchev–Trinajstić information content (AvgIpc) is 2.98. The van der Waals surface area contributed by atoms with Crippen LogP contribution in [0.15, 0.2) is 71.6 Å². The van der Waals surface area contributed by atoms with Crippen molar-refractivity contribution in [3.63, 3.8) is 0 Å². The third kappa shape index (κ3) is 7.74. The smallest absolute Gasteiger partial charge is 0.264 e. The minimum absolute atomic E-state index is 0.00834. The Morgan fingerprint density at radius 2 is 1.64 bits per heavy atom. The van der Waals surface area contributed by atoms with Gasteiger partial charge in [-0.15, -0.1) is 0 Å². The van der Waals surface area contributed by atoms with Crippen LogP contribution in [0.1, 0.15) is 38.3 Å². The summed E-state index contributed by atoms with van der Waals surface area (Å²) in [6, 6.07) is 17.0. The van der Waals surface area contributed by atoms with Crippen molar-refractivity contribution >= 4 is 39.1 Å². The van der Waals surface area contributed by atoms with Crippen molar-refractivity contribution < 1.29 is 27.5 Å². The molecule has 9 nitrogen and oxygen atoms in total. The van der Waals surface area contributed by atoms with Crippen LogP contribution in [0.25, 0.3) is 0 Å². The first kappa shape index (κ1) is 32.8. The van der Waals surface area contributed by atoms with E-state index in [1.165, 1.54) is 37.3 Å². The number of amides is 2. The lowest BCUT2D eigenvalue weighted by Crippen LogP contribution is -2.52. The molecular formula is C31H38ClN3O6S. The van der Waals surface area contributed by atoms with E-state index in [1.807, 2.05) is 20.8 Å². The topological polar surface area (TPSA) is 105 Å². The van der Waals surface area contributed by atoms with Crippen LogP contribution in [0.5, 0.6) is 11.5 Å². The summed E-state index contributed by atoms with van der Waals surface area (Å²) in [4.78, 5) is 28.7. The molecule has 2 atom stereocenters. The lowest BCUT2D eigenvalue weighted by Gasteiger charge is -2.33. The van der Waals surface area contributed by atoms with Gasteiger partial charge in [0.2, 0.25) is 11.8 Å². The van der Waals surface area contributed by atoms with E-state index in [1.54, 1.807) is 55.5 Å². The molecule has 11 heteroatoms. The van der Waals surface area contributed by atoms with Gasteiger partial charge in [-0.2, -0.15) is 0 Å². The van der Waals surface area contributed by atoms with Crippen molar-refractivity contribution in [1.82, 2.24) is 10.2 Å². The minimum Gasteiger partial charge on any atom is -0.497 e. The summed E-state index contributed by atoms with van der Waals surface area (Å²) in [5.41, 5.74) is 1.60. The number of hydrogen-bond donors (Lipinski definition) is 1. The largest absolute Gasteiger partial charge is 0.497 e. The van der Waals surface area contributed by atoms with Crippen LogP contribution in [0.2, 0.25) is 5.02 Å². The quantitative estimate of drug-likeness (QED) is 0.284. The van der Waals surface area contributed by atoms with E-state index in [9.17, 15) is 18.0 Å². The summed E-state index contributed by atoms with van der Waals surface area (Å²) in [5, 5.41) is 3.33. The van der Waals surface area contributed by atoms with Gasteiger partial charge in [0.1, 0.15) is 24.1 Å². The molecule has 0 bridgehead atoms. The van der Waals surface area contributed by atoms with Gasteiger partial charge in [0, 0.05) is 23.7 Å². The highest BCUT2D eigenvalue weighted by atomic mass is 35.5. The Bertz CT molecular complexity index is 1500. The molecule has 0 saturated carbocycles. The molecule has 0 heterocycles. The molecule has 2 amide bonds. The van der Waals surface area contributed by atoms with Crippen LogP contribution in [0.3, 0.4) is 0 Å². The van der Waals surface area contributed by atoms with Crippen LogP contribution in [-0.2, 0) is 26.2 Å². The van der Waals surface area contributed by atoms with Gasteiger partial charge in [0.05, 0.1) is 24.8 Å². The fourth-order valence-corrected chi connectivity index (χ4v) is 5.81. The fourth-order valence-electron chi connectivity index (χ4n) is 4.20. The van der Waals surface area contributed by atoms with Crippen molar-refractivity contribution in [2.24, 2.45) is 0 Å². The van der Waals surface area contributed by atoms with Crippen molar-refractivity contribution in [1.29, 1.82) is 0 Å². The average molecular weight is 616 g/mol. The number of benzene rings is 3. The Morgan fingerprint density at radius 1 is 0.976 bits per heavy atom. The van der Waals surface area contributed by atoms with E-state index in [0.29, 0.717) is 22.8 Å². The number of rotatable bonds is 13. The Kier molecular flexibility index (Phi) is 11.2. The molecule has 3 aromatic rings. The first-order valence-electron chi connectivity index (χ1n) is 13.6. The zero-order valence-corrected chi connectivity index (χ0v) is 26.3. The predicted octanol–water partition coefficient (Wildman–Crippen LogP) is 5.19. The number of hydrogen-bond acceptors (Lipinski definition) is 6. The molecule has 0 unspecified atom stereocenters. The first-order valence-corrected chi connectivity index (χ1v) is 15.4. The maximum absolute atomic E-state index is 14.2. The van der Waals surface area contributed by atoms with Gasteiger partial charge >= 0.3 is 0 Å². The second-order valence-corrected chi connectivity index (χ2v) is 12.2. The van der Waals surface area contributed by atoms with Gasteiger partial charge in [-0.3, -0.25) is 13.9 Å². The van der Waals surface area contributed by atoms with E-state index in [0.717, 1.165) is 9.87 Å². The second kappa shape index (κ2) is 14.4. The highest BCUT2D eigenvalue weighted by molar-refractivity contribution is 7.92. The Labute approximate surface area is 253 Å². The number of carbonyl (C=O) groups is 2. The number of aryl methyl sites for hydroxylation is 1. The summed E-state index contributed by atoms with van der Waals surface area (Å²) in [7, 11) is -1.41. The summed E-state index contributed by atoms with van der Waals surface area (Å²) in [5.74, 6) is -0.380. The molecule has 0 aliphatic rings. The van der Waals surface area contributed by atoms with Gasteiger partial charge in [0.25, 0.3) is 10.0 Å². The van der Waals surface area contributed by atoms with Gasteiger partial charge in [-0.05, 0) is 63.1 Å². The van der Waals surface area contributed by atoms with Crippen LogP contribution in [-0.4, -0.2) is 58.0 Å². The predicted molar refractivity (Wildman–Crippen MR) is 165 cm³/mol. The lowest BCUT2D eigenvalue weighted by atomic mass is 10.1. The number of halogens is 1. The minimum atomic E-state index is -4.28. The first-order chi connectivity index (χ1) is 19.9. The van der Waals surface area contributed by atoms with E-state index < -0.39 is 28.5 Å². The van der Waals surface area contributed by atoms with E-state index >= 15 is 0 Å². The molecule has 0 aromatic heterocycles. The molecule has 0 fully saturated rings. The molecule has 3 rings (SSSR count). The Balaban J connectivity index is 2.13. The number of carbonyl (C=O) groups excluding carboxylic acids is 2. The summed E-state index contributed by atoms with van der Waals surface area (Å²) >= 11 is 6.43. The number of ether oxygens (including phenoxy) is 2. The molecular weight excluding hydrogens is 578 g/mol. The normalized spacial score (nSPS) is 12.6. The molecule has 0 radical (unpaired) electrons. The van der Waals surface area contributed by atoms with Gasteiger partial charge in [-0.25, -0.2) is 8.42 Å². The number of methoxy groups -OCH3 is 2. The molecule has 0 saturated heterocycles. The second-order valence-electron chi connectivity index (χ2n) is 9.97. The molecule has 3 aromatic carbocycles. The van der Waals surface area contributed by atoms with Gasteiger partial charge in [0.15, 0.2) is 0 Å². The standard InChI is InChI=1S/C31H38ClN3O6S/c1-7-22(3)33-31(37)23(4)34(19-24-10-8-9-11-27(24)32)30(36)20-35(28-18-25(40-5)14-17-29(28)41-6)42(38,39)26-15-12-21(2)13-16-26/h8-18,22-23H,7,19-20H2,1-6H3,(H,33,37)/t22-,23+/m0/s1. The highest BCUT2D eigenvalue weighted by Gasteiger charge is 2.34. The molecule has 0 aliphatic carbocycles. The van der Waals surface area contributed by atoms with Gasteiger partial charge in [-0.1, -0.05) is 54.4 Å².